The van der Waals surface area contributed by atoms with Gasteiger partial charge in [-0.3, -0.25) is 4.79 Å². The molecule has 0 bridgehead atoms. The predicted octanol–water partition coefficient (Wildman–Crippen LogP) is 1.20. The minimum absolute atomic E-state index is 0.0329. The number of rotatable bonds is 4. The van der Waals surface area contributed by atoms with Crippen molar-refractivity contribution in [1.29, 1.82) is 0 Å². The Morgan fingerprint density at radius 3 is 2.55 bits per heavy atom. The van der Waals surface area contributed by atoms with Crippen molar-refractivity contribution in [2.24, 2.45) is 5.41 Å². The summed E-state index contributed by atoms with van der Waals surface area (Å²) in [5, 5.41) is 21.6. The third-order valence-corrected chi connectivity index (χ3v) is 4.15. The Morgan fingerprint density at radius 1 is 1.35 bits per heavy atom. The summed E-state index contributed by atoms with van der Waals surface area (Å²) in [6.07, 6.45) is 0.170. The molecule has 1 aromatic carbocycles. The second kappa shape index (κ2) is 5.25. The van der Waals surface area contributed by atoms with Crippen LogP contribution in [0.1, 0.15) is 36.2 Å². The number of hydrogen-bond acceptors (Lipinski definition) is 3. The first-order valence-corrected chi connectivity index (χ1v) is 6.61. The van der Waals surface area contributed by atoms with Gasteiger partial charge in [0.15, 0.2) is 0 Å². The molecular formula is C15H19NO4. The first kappa shape index (κ1) is 14.5. The Morgan fingerprint density at radius 2 is 2.00 bits per heavy atom. The molecule has 1 fully saturated rings. The fourth-order valence-corrected chi connectivity index (χ4v) is 2.45. The van der Waals surface area contributed by atoms with Gasteiger partial charge in [-0.1, -0.05) is 32.0 Å². The van der Waals surface area contributed by atoms with E-state index in [1.165, 1.54) is 6.07 Å². The smallest absolute Gasteiger partial charge is 0.335 e. The van der Waals surface area contributed by atoms with Crippen LogP contribution in [0.4, 0.5) is 0 Å². The van der Waals surface area contributed by atoms with Gasteiger partial charge in [-0.2, -0.15) is 0 Å². The Labute approximate surface area is 117 Å². The van der Waals surface area contributed by atoms with Crippen molar-refractivity contribution in [2.45, 2.75) is 38.8 Å². The molecule has 0 radical (unpaired) electrons. The van der Waals surface area contributed by atoms with Gasteiger partial charge < -0.3 is 15.5 Å². The van der Waals surface area contributed by atoms with E-state index in [1.54, 1.807) is 18.2 Å². The van der Waals surface area contributed by atoms with Crippen LogP contribution in [-0.4, -0.2) is 34.2 Å². The molecular weight excluding hydrogens is 258 g/mol. The fraction of sp³-hybridized carbons (Fsp3) is 0.467. The van der Waals surface area contributed by atoms with Gasteiger partial charge >= 0.3 is 5.97 Å². The summed E-state index contributed by atoms with van der Waals surface area (Å²) in [6.45, 7) is 3.80. The average Bonchev–Trinajstić information content (AvgIpc) is 2.38. The number of carbonyl (C=O) groups excluding carboxylic acids is 1. The number of carboxylic acid groups (broad SMARTS) is 1. The molecule has 1 saturated carbocycles. The molecule has 108 valence electrons. The van der Waals surface area contributed by atoms with Crippen LogP contribution in [0.25, 0.3) is 0 Å². The topological polar surface area (TPSA) is 86.6 Å². The summed E-state index contributed by atoms with van der Waals surface area (Å²) in [4.78, 5) is 23.1. The van der Waals surface area contributed by atoms with Crippen LogP contribution < -0.4 is 5.32 Å². The molecule has 5 nitrogen and oxygen atoms in total. The molecule has 1 amide bonds. The maximum Gasteiger partial charge on any atom is 0.335 e. The number of aliphatic hydroxyl groups excluding tert-OH is 1. The highest BCUT2D eigenvalue weighted by Crippen LogP contribution is 2.40. The normalized spacial score (nSPS) is 23.8. The molecule has 1 aromatic rings. The van der Waals surface area contributed by atoms with E-state index in [1.807, 2.05) is 13.8 Å². The maximum absolute atomic E-state index is 12.0. The van der Waals surface area contributed by atoms with Crippen LogP contribution in [-0.2, 0) is 11.2 Å². The predicted molar refractivity (Wildman–Crippen MR) is 73.4 cm³/mol. The Kier molecular flexibility index (Phi) is 3.81. The van der Waals surface area contributed by atoms with Crippen molar-refractivity contribution in [3.63, 3.8) is 0 Å². The van der Waals surface area contributed by atoms with Crippen molar-refractivity contribution >= 4 is 11.9 Å². The molecule has 2 unspecified atom stereocenters. The van der Waals surface area contributed by atoms with E-state index in [9.17, 15) is 14.7 Å². The van der Waals surface area contributed by atoms with Crippen LogP contribution in [0.3, 0.4) is 0 Å². The van der Waals surface area contributed by atoms with Gasteiger partial charge in [-0.15, -0.1) is 0 Å². The van der Waals surface area contributed by atoms with E-state index in [-0.39, 0.29) is 29.3 Å². The number of carbonyl (C=O) groups is 2. The van der Waals surface area contributed by atoms with Crippen LogP contribution in [0.5, 0.6) is 0 Å². The van der Waals surface area contributed by atoms with Crippen LogP contribution in [0.2, 0.25) is 0 Å². The summed E-state index contributed by atoms with van der Waals surface area (Å²) in [6, 6.07) is 6.41. The molecule has 2 rings (SSSR count). The lowest BCUT2D eigenvalue weighted by molar-refractivity contribution is -0.128. The van der Waals surface area contributed by atoms with Gasteiger partial charge in [-0.25, -0.2) is 4.79 Å². The van der Waals surface area contributed by atoms with Gasteiger partial charge in [-0.05, 0) is 18.1 Å². The van der Waals surface area contributed by atoms with Gasteiger partial charge in [0.05, 0.1) is 18.1 Å². The Bertz CT molecular complexity index is 538. The molecule has 0 aliphatic heterocycles. The fourth-order valence-electron chi connectivity index (χ4n) is 2.45. The van der Waals surface area contributed by atoms with Gasteiger partial charge in [0.1, 0.15) is 0 Å². The highest BCUT2D eigenvalue weighted by Gasteiger charge is 2.47. The summed E-state index contributed by atoms with van der Waals surface area (Å²) in [5.41, 5.74) is 0.313. The third kappa shape index (κ3) is 2.67. The van der Waals surface area contributed by atoms with Gasteiger partial charge in [0.2, 0.25) is 5.91 Å². The van der Waals surface area contributed by atoms with E-state index >= 15 is 0 Å². The van der Waals surface area contributed by atoms with Crippen molar-refractivity contribution in [2.75, 3.05) is 0 Å². The molecule has 1 aliphatic rings. The summed E-state index contributed by atoms with van der Waals surface area (Å²) >= 11 is 0. The SMILES string of the molecule is CC1(C)C(O)CC1NC(=O)Cc1ccccc1C(=O)O. The molecule has 2 atom stereocenters. The summed E-state index contributed by atoms with van der Waals surface area (Å²) < 4.78 is 0. The zero-order valence-electron chi connectivity index (χ0n) is 11.6. The van der Waals surface area contributed by atoms with Crippen molar-refractivity contribution in [1.82, 2.24) is 5.32 Å². The third-order valence-electron chi connectivity index (χ3n) is 4.15. The van der Waals surface area contributed by atoms with E-state index < -0.39 is 12.1 Å². The van der Waals surface area contributed by atoms with Crippen LogP contribution in [0.15, 0.2) is 24.3 Å². The summed E-state index contributed by atoms with van der Waals surface area (Å²) in [7, 11) is 0. The number of carboxylic acids is 1. The van der Waals surface area contributed by atoms with E-state index in [4.69, 9.17) is 5.11 Å². The van der Waals surface area contributed by atoms with Crippen molar-refractivity contribution in [3.8, 4) is 0 Å². The van der Waals surface area contributed by atoms with E-state index in [2.05, 4.69) is 5.32 Å². The monoisotopic (exact) mass is 277 g/mol. The molecule has 5 heteroatoms. The number of hydrogen-bond donors (Lipinski definition) is 3. The quantitative estimate of drug-likeness (QED) is 0.772. The van der Waals surface area contributed by atoms with Crippen molar-refractivity contribution < 1.29 is 19.8 Å². The number of benzene rings is 1. The maximum atomic E-state index is 12.0. The van der Waals surface area contributed by atoms with E-state index in [0.717, 1.165) is 0 Å². The van der Waals surface area contributed by atoms with Crippen molar-refractivity contribution in [3.05, 3.63) is 35.4 Å². The highest BCUT2D eigenvalue weighted by molar-refractivity contribution is 5.91. The molecule has 0 spiro atoms. The average molecular weight is 277 g/mol. The lowest BCUT2D eigenvalue weighted by Gasteiger charge is -2.49. The number of aliphatic hydroxyl groups is 1. The summed E-state index contributed by atoms with van der Waals surface area (Å²) in [5.74, 6) is -1.25. The lowest BCUT2D eigenvalue weighted by atomic mass is 9.64. The largest absolute Gasteiger partial charge is 0.478 e. The highest BCUT2D eigenvalue weighted by atomic mass is 16.4. The van der Waals surface area contributed by atoms with E-state index in [0.29, 0.717) is 12.0 Å². The number of amides is 1. The molecule has 0 aromatic heterocycles. The standard InChI is InChI=1S/C15H19NO4/c1-15(2)11(8-12(15)17)16-13(18)7-9-5-3-4-6-10(9)14(19)20/h3-6,11-12,17H,7-8H2,1-2H3,(H,16,18)(H,19,20). The second-order valence-corrected chi connectivity index (χ2v) is 5.83. The minimum Gasteiger partial charge on any atom is -0.478 e. The molecule has 20 heavy (non-hydrogen) atoms. The van der Waals surface area contributed by atoms with Gasteiger partial charge in [0, 0.05) is 11.5 Å². The number of nitrogens with one attached hydrogen (secondary N) is 1. The molecule has 1 aliphatic carbocycles. The first-order chi connectivity index (χ1) is 9.32. The number of aromatic carboxylic acids is 1. The first-order valence-electron chi connectivity index (χ1n) is 6.61. The molecule has 3 N–H and O–H groups in total. The second-order valence-electron chi connectivity index (χ2n) is 5.83. The Hall–Kier alpha value is -1.88. The van der Waals surface area contributed by atoms with Crippen LogP contribution in [0, 0.1) is 5.41 Å². The zero-order valence-corrected chi connectivity index (χ0v) is 11.6. The molecule has 0 saturated heterocycles. The molecule has 0 heterocycles. The zero-order chi connectivity index (χ0) is 14.9. The lowest BCUT2D eigenvalue weighted by Crippen LogP contribution is -2.61. The van der Waals surface area contributed by atoms with Gasteiger partial charge in [0.25, 0.3) is 0 Å². The minimum atomic E-state index is -1.03. The van der Waals surface area contributed by atoms with Crippen LogP contribution >= 0.6 is 0 Å². The Balaban J connectivity index is 2.01.